The van der Waals surface area contributed by atoms with Crippen molar-refractivity contribution in [1.82, 2.24) is 0 Å². The van der Waals surface area contributed by atoms with Crippen LogP contribution in [0.2, 0.25) is 0 Å². The Hall–Kier alpha value is 1.11. The van der Waals surface area contributed by atoms with Crippen LogP contribution in [0.5, 0.6) is 0 Å². The summed E-state index contributed by atoms with van der Waals surface area (Å²) >= 11 is 0. The van der Waals surface area contributed by atoms with Crippen molar-refractivity contribution in [3.05, 3.63) is 0 Å². The first kappa shape index (κ1) is 17.3. The smallest absolute Gasteiger partial charge is 0.850 e. The van der Waals surface area contributed by atoms with Gasteiger partial charge in [-0.25, -0.2) is 0 Å². The monoisotopic (exact) mass is 130 g/mol. The van der Waals surface area contributed by atoms with E-state index in [0.29, 0.717) is 0 Å². The number of hydrogen-bond donors (Lipinski definition) is 0. The predicted molar refractivity (Wildman–Crippen MR) is 28.2 cm³/mol. The molecule has 0 amide bonds. The van der Waals surface area contributed by atoms with E-state index in [1.807, 2.05) is 0 Å². The fourth-order valence-corrected chi connectivity index (χ4v) is 0. The molecule has 0 unspecified atom stereocenters. The average molecular weight is 130 g/mol. The van der Waals surface area contributed by atoms with E-state index in [1.165, 1.54) is 27.7 Å². The summed E-state index contributed by atoms with van der Waals surface area (Å²) in [6.07, 6.45) is 0. The molecule has 0 atom stereocenters. The van der Waals surface area contributed by atoms with Crippen molar-refractivity contribution >= 4 is 0 Å². The largest absolute Gasteiger partial charge is 1.00 e. The van der Waals surface area contributed by atoms with Crippen LogP contribution in [0.4, 0.5) is 0 Å². The van der Waals surface area contributed by atoms with Gasteiger partial charge in [0.05, 0.1) is 0 Å². The molecule has 0 heterocycles. The van der Waals surface area contributed by atoms with Crippen molar-refractivity contribution in [2.45, 2.75) is 38.9 Å². The third-order valence-corrected chi connectivity index (χ3v) is 1.45. The van der Waals surface area contributed by atoms with E-state index < -0.39 is 11.2 Å². The molecule has 0 saturated heterocycles. The number of hydrogen-bond acceptors (Lipinski definition) is 2. The summed E-state index contributed by atoms with van der Waals surface area (Å²) in [6.45, 7) is 5.61. The molecule has 0 aliphatic rings. The Morgan fingerprint density at radius 1 is 0.700 bits per heavy atom. The third-order valence-electron chi connectivity index (χ3n) is 1.45. The van der Waals surface area contributed by atoms with Crippen LogP contribution < -0.4 is 47.9 Å². The number of rotatable bonds is 1. The summed E-state index contributed by atoms with van der Waals surface area (Å²) in [7, 11) is 0. The second-order valence-corrected chi connectivity index (χ2v) is 3.02. The Balaban J connectivity index is -0.000000245. The first-order chi connectivity index (χ1) is 3.25. The van der Waals surface area contributed by atoms with Crippen LogP contribution in [0.3, 0.4) is 0 Å². The quantitative estimate of drug-likeness (QED) is 0.331. The van der Waals surface area contributed by atoms with Gasteiger partial charge in [0, 0.05) is 0 Å². The van der Waals surface area contributed by atoms with Crippen LogP contribution in [0.25, 0.3) is 0 Å². The zero-order chi connectivity index (χ0) is 7.00. The molecular weight excluding hydrogens is 118 g/mol. The summed E-state index contributed by atoms with van der Waals surface area (Å²) in [5, 5.41) is 21.6. The molecule has 0 aliphatic carbocycles. The van der Waals surface area contributed by atoms with Gasteiger partial charge in [0.1, 0.15) is 0 Å². The Labute approximate surface area is 86.7 Å². The molecule has 0 bridgehead atoms. The van der Waals surface area contributed by atoms with Crippen LogP contribution in [0, 0.1) is 0 Å². The van der Waals surface area contributed by atoms with E-state index in [-0.39, 0.29) is 37.7 Å². The molecule has 0 rings (SSSR count). The van der Waals surface area contributed by atoms with Crippen LogP contribution in [-0.2, 0) is 0 Å². The summed E-state index contributed by atoms with van der Waals surface area (Å²) in [4.78, 5) is 0. The van der Waals surface area contributed by atoms with Crippen molar-refractivity contribution in [2.75, 3.05) is 0 Å². The molecule has 0 aromatic carbocycles. The van der Waals surface area contributed by atoms with Gasteiger partial charge in [-0.2, -0.15) is 0 Å². The molecule has 0 spiro atoms. The molecular formula is C6H12Li2O2. The standard InChI is InChI=1S/C6H12O2.2Li/c1-5(2,7)6(3,4)8;;/h1-4H3;;/q-2;2*+1. The van der Waals surface area contributed by atoms with Gasteiger partial charge in [-0.05, 0) is 0 Å². The summed E-state index contributed by atoms with van der Waals surface area (Å²) in [6, 6.07) is 0. The fraction of sp³-hybridized carbons (Fsp3) is 1.00. The summed E-state index contributed by atoms with van der Waals surface area (Å²) in [5.41, 5.74) is -2.74. The summed E-state index contributed by atoms with van der Waals surface area (Å²) < 4.78 is 0. The molecule has 0 aromatic heterocycles. The van der Waals surface area contributed by atoms with Gasteiger partial charge in [-0.3, -0.25) is 0 Å². The van der Waals surface area contributed by atoms with Gasteiger partial charge in [0.2, 0.25) is 0 Å². The van der Waals surface area contributed by atoms with Crippen molar-refractivity contribution < 1.29 is 47.9 Å². The molecule has 50 valence electrons. The van der Waals surface area contributed by atoms with Gasteiger partial charge >= 0.3 is 37.7 Å². The maximum absolute atomic E-state index is 10.8. The maximum atomic E-state index is 10.8. The van der Waals surface area contributed by atoms with E-state index in [4.69, 9.17) is 0 Å². The van der Waals surface area contributed by atoms with Crippen molar-refractivity contribution in [2.24, 2.45) is 0 Å². The fourth-order valence-electron chi connectivity index (χ4n) is 0. The molecule has 0 aliphatic heterocycles. The first-order valence-corrected chi connectivity index (χ1v) is 2.66. The summed E-state index contributed by atoms with van der Waals surface area (Å²) in [5.74, 6) is 0. The molecule has 0 radical (unpaired) electrons. The van der Waals surface area contributed by atoms with Crippen LogP contribution in [0.15, 0.2) is 0 Å². The average Bonchev–Trinajstić information content (AvgIpc) is 1.25. The van der Waals surface area contributed by atoms with E-state index in [0.717, 1.165) is 0 Å². The van der Waals surface area contributed by atoms with Crippen molar-refractivity contribution in [3.63, 3.8) is 0 Å². The van der Waals surface area contributed by atoms with E-state index in [1.54, 1.807) is 0 Å². The second kappa shape index (κ2) is 4.89. The first-order valence-electron chi connectivity index (χ1n) is 2.66. The predicted octanol–water partition coefficient (Wildman–Crippen LogP) is -6.73. The molecule has 0 saturated carbocycles. The van der Waals surface area contributed by atoms with E-state index in [9.17, 15) is 10.2 Å². The SMILES string of the molecule is CC(C)([O-])C(C)(C)[O-].[Li+].[Li+]. The Morgan fingerprint density at radius 2 is 0.800 bits per heavy atom. The van der Waals surface area contributed by atoms with Crippen molar-refractivity contribution in [1.29, 1.82) is 0 Å². The van der Waals surface area contributed by atoms with Gasteiger partial charge in [-0.15, -0.1) is 11.2 Å². The van der Waals surface area contributed by atoms with Crippen LogP contribution in [0.1, 0.15) is 27.7 Å². The van der Waals surface area contributed by atoms with Gasteiger partial charge in [-0.1, -0.05) is 27.7 Å². The molecule has 10 heavy (non-hydrogen) atoms. The molecule has 2 nitrogen and oxygen atoms in total. The minimum atomic E-state index is -1.37. The van der Waals surface area contributed by atoms with Gasteiger partial charge in [0.15, 0.2) is 0 Å². The minimum absolute atomic E-state index is 0. The second-order valence-electron chi connectivity index (χ2n) is 3.02. The Kier molecular flexibility index (Phi) is 8.44. The minimum Gasteiger partial charge on any atom is -0.850 e. The molecule has 4 heteroatoms. The van der Waals surface area contributed by atoms with Gasteiger partial charge in [0.25, 0.3) is 0 Å². The van der Waals surface area contributed by atoms with Crippen molar-refractivity contribution in [3.8, 4) is 0 Å². The molecule has 0 aromatic rings. The molecule has 0 fully saturated rings. The van der Waals surface area contributed by atoms with Gasteiger partial charge < -0.3 is 10.2 Å². The molecule has 0 N–H and O–H groups in total. The van der Waals surface area contributed by atoms with E-state index >= 15 is 0 Å². The zero-order valence-electron chi connectivity index (χ0n) is 7.82. The zero-order valence-corrected chi connectivity index (χ0v) is 7.82. The normalized spacial score (nSPS) is 11.4. The Bertz CT molecular complexity index is 68.7. The topological polar surface area (TPSA) is 46.1 Å². The van der Waals surface area contributed by atoms with Crippen LogP contribution >= 0.6 is 0 Å². The van der Waals surface area contributed by atoms with Crippen LogP contribution in [-0.4, -0.2) is 11.2 Å². The Morgan fingerprint density at radius 3 is 0.800 bits per heavy atom. The van der Waals surface area contributed by atoms with E-state index in [2.05, 4.69) is 0 Å². The maximum Gasteiger partial charge on any atom is 1.00 e. The third kappa shape index (κ3) is 5.87.